The second-order valence-corrected chi connectivity index (χ2v) is 7.24. The molecule has 0 bridgehead atoms. The van der Waals surface area contributed by atoms with Gasteiger partial charge in [-0.1, -0.05) is 0 Å². The summed E-state index contributed by atoms with van der Waals surface area (Å²) in [7, 11) is -1.82. The van der Waals surface area contributed by atoms with Crippen LogP contribution < -0.4 is 4.74 Å². The monoisotopic (exact) mass is 316 g/mol. The summed E-state index contributed by atoms with van der Waals surface area (Å²) in [5.74, 6) is 0.847. The highest BCUT2D eigenvalue weighted by Gasteiger charge is 2.25. The molecule has 4 nitrogen and oxygen atoms in total. The fourth-order valence-corrected chi connectivity index (χ4v) is 3.26. The minimum atomic E-state index is -3.38. The van der Waals surface area contributed by atoms with E-state index in [1.54, 1.807) is 19.2 Å². The minimum absolute atomic E-state index is 0.162. The highest BCUT2D eigenvalue weighted by molar-refractivity contribution is 7.85. The Morgan fingerprint density at radius 2 is 1.90 bits per heavy atom. The van der Waals surface area contributed by atoms with Gasteiger partial charge in [0.05, 0.1) is 20.0 Å². The van der Waals surface area contributed by atoms with Gasteiger partial charge in [0.15, 0.2) is 0 Å². The van der Waals surface area contributed by atoms with Crippen molar-refractivity contribution in [1.82, 2.24) is 0 Å². The van der Waals surface area contributed by atoms with Gasteiger partial charge in [-0.2, -0.15) is 8.42 Å². The largest absolute Gasteiger partial charge is 0.497 e. The molecule has 1 aromatic carbocycles. The molecule has 0 heterocycles. The summed E-state index contributed by atoms with van der Waals surface area (Å²) < 4.78 is 45.9. The van der Waals surface area contributed by atoms with Crippen molar-refractivity contribution in [1.29, 1.82) is 0 Å². The van der Waals surface area contributed by atoms with Gasteiger partial charge in [0.2, 0.25) is 0 Å². The van der Waals surface area contributed by atoms with Crippen LogP contribution in [0.2, 0.25) is 0 Å². The van der Waals surface area contributed by atoms with Crippen LogP contribution in [0, 0.1) is 11.7 Å². The molecule has 0 saturated heterocycles. The molecule has 0 unspecified atom stereocenters. The smallest absolute Gasteiger partial charge is 0.264 e. The molecular weight excluding hydrogens is 295 g/mol. The molecule has 0 aromatic heterocycles. The third-order valence-electron chi connectivity index (χ3n) is 4.01. The predicted molar refractivity (Wildman–Crippen MR) is 78.4 cm³/mol. The summed E-state index contributed by atoms with van der Waals surface area (Å²) in [5, 5.41) is 0. The first-order chi connectivity index (χ1) is 9.89. The van der Waals surface area contributed by atoms with Gasteiger partial charge < -0.3 is 4.74 Å². The van der Waals surface area contributed by atoms with E-state index >= 15 is 0 Å². The van der Waals surface area contributed by atoms with Crippen LogP contribution in [0.5, 0.6) is 5.75 Å². The molecule has 1 aliphatic carbocycles. The molecule has 0 atom stereocenters. The first-order valence-electron chi connectivity index (χ1n) is 7.07. The average molecular weight is 316 g/mol. The minimum Gasteiger partial charge on any atom is -0.497 e. The fraction of sp³-hybridized carbons (Fsp3) is 0.600. The van der Waals surface area contributed by atoms with Crippen molar-refractivity contribution in [3.63, 3.8) is 0 Å². The maximum absolute atomic E-state index is 13.9. The quantitative estimate of drug-likeness (QED) is 0.783. The zero-order valence-corrected chi connectivity index (χ0v) is 13.2. The standard InChI is InChI=1S/C15H21FO4S/c1-19-13-7-8-15(16)14(9-13)12-5-3-11(4-6-12)10-20-21(2,17)18/h7-9,11-12H,3-6,10H2,1-2H3. The van der Waals surface area contributed by atoms with Crippen LogP contribution in [0.1, 0.15) is 37.2 Å². The van der Waals surface area contributed by atoms with Crippen LogP contribution >= 0.6 is 0 Å². The maximum Gasteiger partial charge on any atom is 0.264 e. The Morgan fingerprint density at radius 3 is 2.48 bits per heavy atom. The van der Waals surface area contributed by atoms with Crippen LogP contribution in [0.15, 0.2) is 18.2 Å². The molecule has 1 aliphatic rings. The van der Waals surface area contributed by atoms with Crippen molar-refractivity contribution in [2.24, 2.45) is 5.92 Å². The van der Waals surface area contributed by atoms with Gasteiger partial charge in [-0.3, -0.25) is 4.18 Å². The molecule has 0 amide bonds. The highest BCUT2D eigenvalue weighted by Crippen LogP contribution is 2.38. The topological polar surface area (TPSA) is 52.6 Å². The molecule has 0 spiro atoms. The molecule has 1 saturated carbocycles. The Labute approximate surface area is 125 Å². The third kappa shape index (κ3) is 4.68. The Balaban J connectivity index is 1.95. The molecular formula is C15H21FO4S. The summed E-state index contributed by atoms with van der Waals surface area (Å²) in [4.78, 5) is 0. The molecule has 0 N–H and O–H groups in total. The Morgan fingerprint density at radius 1 is 1.24 bits per heavy atom. The van der Waals surface area contributed by atoms with E-state index in [2.05, 4.69) is 0 Å². The predicted octanol–water partition coefficient (Wildman–Crippen LogP) is 3.08. The van der Waals surface area contributed by atoms with Gasteiger partial charge in [0.1, 0.15) is 11.6 Å². The normalized spacial score (nSPS) is 23.0. The average Bonchev–Trinajstić information content (AvgIpc) is 2.45. The Kier molecular flexibility index (Phi) is 5.22. The number of halogens is 1. The van der Waals surface area contributed by atoms with E-state index in [0.717, 1.165) is 31.9 Å². The van der Waals surface area contributed by atoms with Crippen LogP contribution in [-0.4, -0.2) is 28.4 Å². The zero-order chi connectivity index (χ0) is 15.5. The number of hydrogen-bond acceptors (Lipinski definition) is 4. The number of rotatable bonds is 5. The fourth-order valence-electron chi connectivity index (χ4n) is 2.82. The number of benzene rings is 1. The summed E-state index contributed by atoms with van der Waals surface area (Å²) >= 11 is 0. The second kappa shape index (κ2) is 6.75. The van der Waals surface area contributed by atoms with Gasteiger partial charge in [-0.15, -0.1) is 0 Å². The van der Waals surface area contributed by atoms with E-state index in [-0.39, 0.29) is 24.3 Å². The Hall–Kier alpha value is -1.14. The molecule has 118 valence electrons. The Bertz CT molecular complexity index is 577. The summed E-state index contributed by atoms with van der Waals surface area (Å²) in [5.41, 5.74) is 0.692. The SMILES string of the molecule is COc1ccc(F)c(C2CCC(COS(C)(=O)=O)CC2)c1. The number of methoxy groups -OCH3 is 1. The highest BCUT2D eigenvalue weighted by atomic mass is 32.2. The summed E-state index contributed by atoms with van der Waals surface area (Å²) in [6.07, 6.45) is 4.42. The van der Waals surface area contributed by atoms with Crippen LogP contribution in [0.25, 0.3) is 0 Å². The first kappa shape index (κ1) is 16.2. The van der Waals surface area contributed by atoms with E-state index < -0.39 is 10.1 Å². The van der Waals surface area contributed by atoms with Gasteiger partial charge >= 0.3 is 0 Å². The van der Waals surface area contributed by atoms with E-state index in [9.17, 15) is 12.8 Å². The van der Waals surface area contributed by atoms with Crippen LogP contribution in [-0.2, 0) is 14.3 Å². The summed E-state index contributed by atoms with van der Waals surface area (Å²) in [6.45, 7) is 0.228. The molecule has 0 aliphatic heterocycles. The third-order valence-corrected chi connectivity index (χ3v) is 4.57. The lowest BCUT2D eigenvalue weighted by Gasteiger charge is -2.28. The first-order valence-corrected chi connectivity index (χ1v) is 8.88. The lowest BCUT2D eigenvalue weighted by atomic mass is 9.79. The van der Waals surface area contributed by atoms with Gasteiger partial charge in [0.25, 0.3) is 10.1 Å². The molecule has 6 heteroatoms. The van der Waals surface area contributed by atoms with Gasteiger partial charge in [-0.25, -0.2) is 4.39 Å². The lowest BCUT2D eigenvalue weighted by molar-refractivity contribution is 0.205. The lowest BCUT2D eigenvalue weighted by Crippen LogP contribution is -2.20. The molecule has 2 rings (SSSR count). The molecule has 1 aromatic rings. The van der Waals surface area contributed by atoms with Crippen molar-refractivity contribution < 1.29 is 21.7 Å². The second-order valence-electron chi connectivity index (χ2n) is 5.59. The number of ether oxygens (including phenoxy) is 1. The summed E-state index contributed by atoms with van der Waals surface area (Å²) in [6, 6.07) is 4.81. The van der Waals surface area contributed by atoms with Crippen molar-refractivity contribution in [3.05, 3.63) is 29.6 Å². The molecule has 21 heavy (non-hydrogen) atoms. The van der Waals surface area contributed by atoms with E-state index in [1.165, 1.54) is 6.07 Å². The van der Waals surface area contributed by atoms with E-state index in [0.29, 0.717) is 11.3 Å². The van der Waals surface area contributed by atoms with Crippen molar-refractivity contribution >= 4 is 10.1 Å². The van der Waals surface area contributed by atoms with Crippen molar-refractivity contribution in [2.75, 3.05) is 20.0 Å². The van der Waals surface area contributed by atoms with E-state index in [1.807, 2.05) is 0 Å². The van der Waals surface area contributed by atoms with Crippen LogP contribution in [0.4, 0.5) is 4.39 Å². The molecule has 0 radical (unpaired) electrons. The zero-order valence-electron chi connectivity index (χ0n) is 12.3. The van der Waals surface area contributed by atoms with Crippen LogP contribution in [0.3, 0.4) is 0 Å². The maximum atomic E-state index is 13.9. The van der Waals surface area contributed by atoms with E-state index in [4.69, 9.17) is 8.92 Å². The number of hydrogen-bond donors (Lipinski definition) is 0. The van der Waals surface area contributed by atoms with Gasteiger partial charge in [0, 0.05) is 0 Å². The van der Waals surface area contributed by atoms with Crippen molar-refractivity contribution in [2.45, 2.75) is 31.6 Å². The van der Waals surface area contributed by atoms with Crippen molar-refractivity contribution in [3.8, 4) is 5.75 Å². The van der Waals surface area contributed by atoms with Gasteiger partial charge in [-0.05, 0) is 61.3 Å². The molecule has 1 fully saturated rings.